The number of nitrogens with zero attached hydrogens (tertiary/aromatic N) is 2. The molecule has 1 fully saturated rings. The summed E-state index contributed by atoms with van der Waals surface area (Å²) in [6, 6.07) is 6.13. The average Bonchev–Trinajstić information content (AvgIpc) is 2.79. The fraction of sp³-hybridized carbons (Fsp3) is 0.611. The lowest BCUT2D eigenvalue weighted by molar-refractivity contribution is 0.228. The van der Waals surface area contributed by atoms with E-state index in [1.807, 2.05) is 12.1 Å². The molecule has 2 atom stereocenters. The van der Waals surface area contributed by atoms with Crippen LogP contribution < -0.4 is 5.73 Å². The largest absolute Gasteiger partial charge is 0.399 e. The molecule has 2 unspecified atom stereocenters. The Kier molecular flexibility index (Phi) is 3.92. The smallest absolute Gasteiger partial charge is 0.112 e. The number of imidazole rings is 1. The predicted octanol–water partition coefficient (Wildman–Crippen LogP) is 4.57. The summed E-state index contributed by atoms with van der Waals surface area (Å²) in [5.74, 6) is 3.25. The van der Waals surface area contributed by atoms with E-state index < -0.39 is 0 Å². The zero-order valence-electron chi connectivity index (χ0n) is 13.5. The van der Waals surface area contributed by atoms with Gasteiger partial charge < -0.3 is 10.3 Å². The molecule has 2 aromatic rings. The first-order chi connectivity index (χ1) is 10.1. The maximum Gasteiger partial charge on any atom is 0.112 e. The van der Waals surface area contributed by atoms with Crippen molar-refractivity contribution in [3.05, 3.63) is 24.0 Å². The SMILES string of the molecule is CC(C)c1nc2cc(N)ccc2n1CC1CCCCC1C. The third-order valence-electron chi connectivity index (χ3n) is 5.02. The summed E-state index contributed by atoms with van der Waals surface area (Å²) in [6.07, 6.45) is 5.51. The maximum atomic E-state index is 5.92. The minimum atomic E-state index is 0.442. The number of hydrogen-bond acceptors (Lipinski definition) is 2. The zero-order chi connectivity index (χ0) is 15.0. The van der Waals surface area contributed by atoms with Crippen LogP contribution in [0.4, 0.5) is 5.69 Å². The van der Waals surface area contributed by atoms with Crippen molar-refractivity contribution in [3.63, 3.8) is 0 Å². The van der Waals surface area contributed by atoms with Gasteiger partial charge in [-0.3, -0.25) is 0 Å². The second-order valence-corrected chi connectivity index (χ2v) is 7.01. The quantitative estimate of drug-likeness (QED) is 0.840. The second kappa shape index (κ2) is 5.70. The molecule has 1 aliphatic rings. The van der Waals surface area contributed by atoms with Crippen molar-refractivity contribution in [2.24, 2.45) is 11.8 Å². The molecule has 1 aromatic carbocycles. The van der Waals surface area contributed by atoms with Gasteiger partial charge in [-0.15, -0.1) is 0 Å². The molecular weight excluding hydrogens is 258 g/mol. The molecule has 21 heavy (non-hydrogen) atoms. The van der Waals surface area contributed by atoms with Crippen LogP contribution in [0.1, 0.15) is 58.2 Å². The molecule has 0 amide bonds. The third kappa shape index (κ3) is 2.78. The van der Waals surface area contributed by atoms with Crippen LogP contribution in [-0.4, -0.2) is 9.55 Å². The lowest BCUT2D eigenvalue weighted by atomic mass is 9.80. The molecule has 0 saturated heterocycles. The molecule has 0 spiro atoms. The highest BCUT2D eigenvalue weighted by molar-refractivity contribution is 5.79. The molecule has 3 rings (SSSR count). The van der Waals surface area contributed by atoms with Gasteiger partial charge in [0, 0.05) is 18.2 Å². The van der Waals surface area contributed by atoms with Gasteiger partial charge in [0.2, 0.25) is 0 Å². The summed E-state index contributed by atoms with van der Waals surface area (Å²) >= 11 is 0. The molecule has 0 aliphatic heterocycles. The zero-order valence-corrected chi connectivity index (χ0v) is 13.5. The number of aromatic nitrogens is 2. The summed E-state index contributed by atoms with van der Waals surface area (Å²) < 4.78 is 2.45. The Morgan fingerprint density at radius 2 is 2.05 bits per heavy atom. The number of hydrogen-bond donors (Lipinski definition) is 1. The van der Waals surface area contributed by atoms with Gasteiger partial charge in [0.05, 0.1) is 11.0 Å². The van der Waals surface area contributed by atoms with Gasteiger partial charge >= 0.3 is 0 Å². The molecule has 0 radical (unpaired) electrons. The highest BCUT2D eigenvalue weighted by Crippen LogP contribution is 2.33. The van der Waals surface area contributed by atoms with Crippen molar-refractivity contribution in [2.75, 3.05) is 5.73 Å². The fourth-order valence-corrected chi connectivity index (χ4v) is 3.70. The lowest BCUT2D eigenvalue weighted by Gasteiger charge is -2.30. The Hall–Kier alpha value is -1.51. The highest BCUT2D eigenvalue weighted by Gasteiger charge is 2.24. The van der Waals surface area contributed by atoms with E-state index in [2.05, 4.69) is 31.4 Å². The Labute approximate surface area is 127 Å². The Morgan fingerprint density at radius 1 is 1.29 bits per heavy atom. The van der Waals surface area contributed by atoms with Crippen LogP contribution in [-0.2, 0) is 6.54 Å². The molecule has 0 bridgehead atoms. The normalized spacial score (nSPS) is 23.0. The average molecular weight is 285 g/mol. The van der Waals surface area contributed by atoms with Crippen molar-refractivity contribution in [1.29, 1.82) is 0 Å². The van der Waals surface area contributed by atoms with Crippen molar-refractivity contribution in [2.45, 2.75) is 58.9 Å². The van der Waals surface area contributed by atoms with Crippen LogP contribution in [0.2, 0.25) is 0 Å². The van der Waals surface area contributed by atoms with Gasteiger partial charge in [0.25, 0.3) is 0 Å². The second-order valence-electron chi connectivity index (χ2n) is 7.01. The Balaban J connectivity index is 2.00. The van der Waals surface area contributed by atoms with Crippen molar-refractivity contribution < 1.29 is 0 Å². The van der Waals surface area contributed by atoms with Crippen molar-refractivity contribution >= 4 is 16.7 Å². The molecule has 2 N–H and O–H groups in total. The summed E-state index contributed by atoms with van der Waals surface area (Å²) in [4.78, 5) is 4.85. The molecule has 1 saturated carbocycles. The van der Waals surface area contributed by atoms with Crippen LogP contribution in [0.5, 0.6) is 0 Å². The molecular formula is C18H27N3. The number of benzene rings is 1. The van der Waals surface area contributed by atoms with Gasteiger partial charge in [-0.2, -0.15) is 0 Å². The van der Waals surface area contributed by atoms with Gasteiger partial charge in [-0.05, 0) is 36.5 Å². The summed E-state index contributed by atoms with van der Waals surface area (Å²) in [5.41, 5.74) is 9.00. The van der Waals surface area contributed by atoms with Crippen molar-refractivity contribution in [3.8, 4) is 0 Å². The summed E-state index contributed by atoms with van der Waals surface area (Å²) in [5, 5.41) is 0. The van der Waals surface area contributed by atoms with E-state index in [1.54, 1.807) is 0 Å². The van der Waals surface area contributed by atoms with Gasteiger partial charge in [0.1, 0.15) is 5.82 Å². The van der Waals surface area contributed by atoms with E-state index >= 15 is 0 Å². The molecule has 3 heteroatoms. The van der Waals surface area contributed by atoms with Gasteiger partial charge in [-0.25, -0.2) is 4.98 Å². The number of nitrogens with two attached hydrogens (primary N) is 1. The lowest BCUT2D eigenvalue weighted by Crippen LogP contribution is -2.23. The van der Waals surface area contributed by atoms with Crippen LogP contribution in [0.25, 0.3) is 11.0 Å². The standard InChI is InChI=1S/C18H27N3/c1-12(2)18-20-16-10-15(19)8-9-17(16)21(18)11-14-7-5-4-6-13(14)3/h8-10,12-14H,4-7,11,19H2,1-3H3. The van der Waals surface area contributed by atoms with E-state index in [0.717, 1.165) is 29.6 Å². The minimum absolute atomic E-state index is 0.442. The summed E-state index contributed by atoms with van der Waals surface area (Å²) in [6.45, 7) is 7.97. The molecule has 1 heterocycles. The van der Waals surface area contributed by atoms with Crippen LogP contribution in [0.3, 0.4) is 0 Å². The van der Waals surface area contributed by atoms with E-state index in [0.29, 0.717) is 5.92 Å². The van der Waals surface area contributed by atoms with E-state index in [-0.39, 0.29) is 0 Å². The van der Waals surface area contributed by atoms with Crippen LogP contribution in [0.15, 0.2) is 18.2 Å². The Morgan fingerprint density at radius 3 is 2.76 bits per heavy atom. The number of nitrogen functional groups attached to an aromatic ring is 1. The topological polar surface area (TPSA) is 43.8 Å². The molecule has 3 nitrogen and oxygen atoms in total. The maximum absolute atomic E-state index is 5.92. The van der Waals surface area contributed by atoms with Gasteiger partial charge in [-0.1, -0.05) is 40.0 Å². The number of rotatable bonds is 3. The Bertz CT molecular complexity index is 627. The molecule has 1 aliphatic carbocycles. The van der Waals surface area contributed by atoms with E-state index in [1.165, 1.54) is 37.0 Å². The first-order valence-electron chi connectivity index (χ1n) is 8.32. The predicted molar refractivity (Wildman–Crippen MR) is 89.4 cm³/mol. The van der Waals surface area contributed by atoms with E-state index in [4.69, 9.17) is 10.7 Å². The van der Waals surface area contributed by atoms with Crippen LogP contribution in [0, 0.1) is 11.8 Å². The first-order valence-corrected chi connectivity index (χ1v) is 8.32. The van der Waals surface area contributed by atoms with Crippen LogP contribution >= 0.6 is 0 Å². The number of fused-ring (bicyclic) bond motifs is 1. The van der Waals surface area contributed by atoms with E-state index in [9.17, 15) is 0 Å². The third-order valence-corrected chi connectivity index (χ3v) is 5.02. The van der Waals surface area contributed by atoms with Gasteiger partial charge in [0.15, 0.2) is 0 Å². The highest BCUT2D eigenvalue weighted by atomic mass is 15.1. The first kappa shape index (κ1) is 14.4. The summed E-state index contributed by atoms with van der Waals surface area (Å²) in [7, 11) is 0. The van der Waals surface area contributed by atoms with Crippen molar-refractivity contribution in [1.82, 2.24) is 9.55 Å². The number of anilines is 1. The molecule has 114 valence electrons. The fourth-order valence-electron chi connectivity index (χ4n) is 3.70. The minimum Gasteiger partial charge on any atom is -0.399 e. The monoisotopic (exact) mass is 285 g/mol. The molecule has 1 aromatic heterocycles.